The summed E-state index contributed by atoms with van der Waals surface area (Å²) >= 11 is 0. The fourth-order valence-electron chi connectivity index (χ4n) is 19.0. The van der Waals surface area contributed by atoms with Crippen LogP contribution in [-0.2, 0) is 0 Å². The van der Waals surface area contributed by atoms with Crippen molar-refractivity contribution < 1.29 is 9.47 Å². The summed E-state index contributed by atoms with van der Waals surface area (Å²) in [7, 11) is 0. The molecule has 0 saturated heterocycles. The number of nitrogens with zero attached hydrogens (tertiary/aromatic N) is 5. The smallest absolute Gasteiger partial charge is 0.252 e. The van der Waals surface area contributed by atoms with Crippen LogP contribution in [0, 0.1) is 0 Å². The van der Waals surface area contributed by atoms with Crippen molar-refractivity contribution in [2.45, 2.75) is 0 Å². The third kappa shape index (κ3) is 8.78. The Morgan fingerprint density at radius 1 is 0.200 bits per heavy atom. The summed E-state index contributed by atoms with van der Waals surface area (Å²) in [4.78, 5) is 5.34. The number of fused-ring (bicyclic) bond motifs is 25. The molecule has 7 nitrogen and oxygen atoms in total. The van der Waals surface area contributed by atoms with Crippen molar-refractivity contribution in [3.05, 3.63) is 376 Å². The largest absolute Gasteiger partial charge is 0.456 e. The SMILES string of the molecule is c1ccc(-c2cc3c4c(c2)-c2ccccc2Oc2cc5c6ccccc6n(-c6ccccc6)c5cc2-c2ccccc2N4c2cc(-n4c5ccccc5c5ccccc54)cc4c2B3c2cc(-c3ccccc3)cc3c2N4c2ccccc2-c2cc4c(cc2Oc2ccccc2-3)c2ccccc2n4-c2ccccc2)cc1. The van der Waals surface area contributed by atoms with Crippen molar-refractivity contribution in [1.82, 2.24) is 13.7 Å². The zero-order chi connectivity index (χ0) is 71.8. The van der Waals surface area contributed by atoms with Crippen molar-refractivity contribution in [1.29, 1.82) is 0 Å². The van der Waals surface area contributed by atoms with Crippen LogP contribution in [0.25, 0.3) is 149 Å². The van der Waals surface area contributed by atoms with Gasteiger partial charge in [0, 0.05) is 111 Å². The number of hydrogen-bond acceptors (Lipinski definition) is 4. The van der Waals surface area contributed by atoms with Crippen LogP contribution in [-0.4, -0.2) is 20.4 Å². The normalized spacial score (nSPS) is 12.8. The van der Waals surface area contributed by atoms with Gasteiger partial charge in [0.2, 0.25) is 0 Å². The van der Waals surface area contributed by atoms with E-state index in [2.05, 4.69) is 400 Å². The molecule has 0 radical (unpaired) electrons. The molecule has 20 aromatic rings. The lowest BCUT2D eigenvalue weighted by Gasteiger charge is -2.47. The van der Waals surface area contributed by atoms with Crippen LogP contribution in [0.15, 0.2) is 376 Å². The Bertz CT molecular complexity index is 6880. The minimum Gasteiger partial charge on any atom is -0.456 e. The van der Waals surface area contributed by atoms with Gasteiger partial charge in [0.1, 0.15) is 23.0 Å². The zero-order valence-corrected chi connectivity index (χ0v) is 59.4. The van der Waals surface area contributed by atoms with E-state index in [0.717, 1.165) is 207 Å². The van der Waals surface area contributed by atoms with Crippen molar-refractivity contribution in [3.63, 3.8) is 0 Å². The first-order chi connectivity index (χ1) is 54.6. The Balaban J connectivity index is 0.891. The molecule has 0 aliphatic carbocycles. The molecule has 0 fully saturated rings. The summed E-state index contributed by atoms with van der Waals surface area (Å²) in [6.07, 6.45) is 0. The molecule has 4 aliphatic rings. The first kappa shape index (κ1) is 60.6. The Hall–Kier alpha value is -14.6. The lowest BCUT2D eigenvalue weighted by atomic mass is 9.33. The number of anilines is 6. The average Bonchev–Trinajstić information content (AvgIpc) is 0.816. The number of rotatable bonds is 5. The molecule has 510 valence electrons. The van der Waals surface area contributed by atoms with Gasteiger partial charge in [0.15, 0.2) is 0 Å². The molecular formula is C102H62BN5O2. The molecular weight excluding hydrogens is 1340 g/mol. The predicted octanol–water partition coefficient (Wildman–Crippen LogP) is 25.3. The topological polar surface area (TPSA) is 39.7 Å². The van der Waals surface area contributed by atoms with E-state index in [4.69, 9.17) is 9.47 Å². The monoisotopic (exact) mass is 1400 g/mol. The second kappa shape index (κ2) is 23.5. The molecule has 110 heavy (non-hydrogen) atoms. The molecule has 4 aliphatic heterocycles. The molecule has 0 bridgehead atoms. The van der Waals surface area contributed by atoms with E-state index >= 15 is 0 Å². The number of benzene rings is 17. The van der Waals surface area contributed by atoms with Gasteiger partial charge in [-0.05, 0) is 160 Å². The Labute approximate surface area is 634 Å². The highest BCUT2D eigenvalue weighted by Crippen LogP contribution is 2.59. The second-order valence-electron chi connectivity index (χ2n) is 29.4. The summed E-state index contributed by atoms with van der Waals surface area (Å²) in [5.41, 5.74) is 32.0. The minimum atomic E-state index is -0.400. The van der Waals surface area contributed by atoms with Gasteiger partial charge in [0.05, 0.1) is 50.2 Å². The van der Waals surface area contributed by atoms with Crippen LogP contribution in [0.4, 0.5) is 34.1 Å². The Kier molecular flexibility index (Phi) is 12.9. The maximum absolute atomic E-state index is 7.81. The molecule has 7 heterocycles. The van der Waals surface area contributed by atoms with Crippen LogP contribution in [0.3, 0.4) is 0 Å². The van der Waals surface area contributed by atoms with E-state index in [9.17, 15) is 0 Å². The third-order valence-electron chi connectivity index (χ3n) is 23.5. The third-order valence-corrected chi connectivity index (χ3v) is 23.5. The van der Waals surface area contributed by atoms with Gasteiger partial charge in [-0.15, -0.1) is 0 Å². The van der Waals surface area contributed by atoms with E-state index < -0.39 is 6.71 Å². The predicted molar refractivity (Wildman–Crippen MR) is 456 cm³/mol. The van der Waals surface area contributed by atoms with Crippen molar-refractivity contribution in [2.24, 2.45) is 0 Å². The molecule has 0 N–H and O–H groups in total. The Morgan fingerprint density at radius 3 is 0.955 bits per heavy atom. The highest BCUT2D eigenvalue weighted by molar-refractivity contribution is 7.00. The van der Waals surface area contributed by atoms with E-state index in [1.165, 1.54) is 16.2 Å². The number of aromatic nitrogens is 3. The lowest BCUT2D eigenvalue weighted by molar-refractivity contribution is 0.487. The molecule has 0 amide bonds. The molecule has 8 heteroatoms. The maximum atomic E-state index is 7.81. The zero-order valence-electron chi connectivity index (χ0n) is 59.4. The Morgan fingerprint density at radius 2 is 0.536 bits per heavy atom. The lowest BCUT2D eigenvalue weighted by Crippen LogP contribution is -2.61. The summed E-state index contributed by atoms with van der Waals surface area (Å²) in [5.74, 6) is 3.03. The van der Waals surface area contributed by atoms with Gasteiger partial charge in [-0.1, -0.05) is 255 Å². The summed E-state index contributed by atoms with van der Waals surface area (Å²) in [5, 5.41) is 6.87. The molecule has 17 aromatic carbocycles. The highest BCUT2D eigenvalue weighted by Gasteiger charge is 2.48. The van der Waals surface area contributed by atoms with E-state index in [0.29, 0.717) is 0 Å². The van der Waals surface area contributed by atoms with Crippen LogP contribution in [0.5, 0.6) is 23.0 Å². The first-order valence-electron chi connectivity index (χ1n) is 37.8. The summed E-state index contributed by atoms with van der Waals surface area (Å²) in [6, 6.07) is 139. The number of para-hydroxylation sites is 10. The van der Waals surface area contributed by atoms with E-state index in [-0.39, 0.29) is 0 Å². The number of hydrogen-bond donors (Lipinski definition) is 0. The van der Waals surface area contributed by atoms with Gasteiger partial charge < -0.3 is 33.0 Å². The molecule has 0 saturated carbocycles. The molecule has 3 aromatic heterocycles. The van der Waals surface area contributed by atoms with Crippen molar-refractivity contribution >= 4 is 123 Å². The van der Waals surface area contributed by atoms with Crippen molar-refractivity contribution in [2.75, 3.05) is 9.80 Å². The van der Waals surface area contributed by atoms with Gasteiger partial charge >= 0.3 is 0 Å². The quantitative estimate of drug-likeness (QED) is 0.161. The van der Waals surface area contributed by atoms with E-state index in [1.54, 1.807) is 0 Å². The number of ether oxygens (including phenoxy) is 2. The van der Waals surface area contributed by atoms with Crippen molar-refractivity contribution in [3.8, 4) is 107 Å². The molecule has 0 spiro atoms. The van der Waals surface area contributed by atoms with Gasteiger partial charge in [-0.2, -0.15) is 0 Å². The minimum absolute atomic E-state index is 0.400. The van der Waals surface area contributed by atoms with Crippen LogP contribution >= 0.6 is 0 Å². The van der Waals surface area contributed by atoms with Crippen LogP contribution < -0.4 is 35.7 Å². The molecule has 0 atom stereocenters. The van der Waals surface area contributed by atoms with E-state index in [1.807, 2.05) is 0 Å². The van der Waals surface area contributed by atoms with Gasteiger partial charge in [-0.25, -0.2) is 0 Å². The van der Waals surface area contributed by atoms with Gasteiger partial charge in [-0.3, -0.25) is 0 Å². The standard InChI is InChI=1S/C102H62BN5O2/c1-5-29-63(30-6-1)65-53-82-76-43-19-27-51-96(76)109-98-61-78-72-39-15-23-47-88(72)104(67-33-9-3-10-34-67)92(78)59-80(98)74-41-17-25-49-90(74)107-94-57-69(106-86-45-21-13-37-70(86)71-38-14-22-46-87(71)106)58-95-100(94)103(84(55-65)101(82)107)85-56-66(64-31-7-2-8-32-64)54-83-77-44-20-28-52-97(77)110-99-62-79-73-40-16-24-48-89(73)105(68-35-11-4-12-36-68)93(79)60-81(99)75-42-18-26-50-91(75)108(95)102(83)85/h1-62H. The molecule has 0 unspecified atom stereocenters. The highest BCUT2D eigenvalue weighted by atomic mass is 16.5. The first-order valence-corrected chi connectivity index (χ1v) is 37.8. The summed E-state index contributed by atoms with van der Waals surface area (Å²) < 4.78 is 23.0. The fourth-order valence-corrected chi connectivity index (χ4v) is 19.0. The maximum Gasteiger partial charge on any atom is 0.252 e. The molecule has 24 rings (SSSR count). The average molecular weight is 1400 g/mol. The van der Waals surface area contributed by atoms with Gasteiger partial charge in [0.25, 0.3) is 6.71 Å². The summed E-state index contributed by atoms with van der Waals surface area (Å²) in [6.45, 7) is -0.400. The van der Waals surface area contributed by atoms with Crippen LogP contribution in [0.2, 0.25) is 0 Å². The van der Waals surface area contributed by atoms with Crippen LogP contribution in [0.1, 0.15) is 0 Å². The fraction of sp³-hybridized carbons (Fsp3) is 0. The second-order valence-corrected chi connectivity index (χ2v) is 29.4.